The van der Waals surface area contributed by atoms with Gasteiger partial charge >= 0.3 is 0 Å². The number of amides is 1. The molecule has 0 aromatic rings. The van der Waals surface area contributed by atoms with E-state index in [-0.39, 0.29) is 17.9 Å². The lowest BCUT2D eigenvalue weighted by atomic mass is 9.96. The number of carbonyl (C=O) groups is 1. The van der Waals surface area contributed by atoms with Gasteiger partial charge in [0.15, 0.2) is 0 Å². The maximum absolute atomic E-state index is 12.5. The van der Waals surface area contributed by atoms with Crippen molar-refractivity contribution in [2.24, 2.45) is 5.92 Å². The van der Waals surface area contributed by atoms with Gasteiger partial charge in [-0.3, -0.25) is 9.69 Å². The minimum absolute atomic E-state index is 0.0543. The monoisotopic (exact) mass is 333 g/mol. The number of hydrogen-bond donors (Lipinski definition) is 1. The lowest BCUT2D eigenvalue weighted by Crippen LogP contribution is -2.52. The summed E-state index contributed by atoms with van der Waals surface area (Å²) in [5, 5.41) is 9.40. The molecule has 0 aliphatic carbocycles. The summed E-state index contributed by atoms with van der Waals surface area (Å²) in [6.45, 7) is 6.27. The van der Waals surface area contributed by atoms with Gasteiger partial charge in [-0.05, 0) is 19.8 Å². The number of hydrogen-bond acceptors (Lipinski definition) is 5. The Morgan fingerprint density at radius 3 is 2.14 bits per heavy atom. The molecule has 22 heavy (non-hydrogen) atoms. The molecule has 2 aliphatic heterocycles. The fourth-order valence-corrected chi connectivity index (χ4v) is 4.09. The quantitative estimate of drug-likeness (QED) is 0.727. The normalized spacial score (nSPS) is 24.4. The molecule has 128 valence electrons. The second kappa shape index (κ2) is 7.25. The lowest BCUT2D eigenvalue weighted by molar-refractivity contribution is -0.138. The van der Waals surface area contributed by atoms with E-state index in [1.54, 1.807) is 6.92 Å². The van der Waals surface area contributed by atoms with Crippen LogP contribution in [-0.2, 0) is 14.8 Å². The summed E-state index contributed by atoms with van der Waals surface area (Å²) >= 11 is 0. The molecule has 2 fully saturated rings. The highest BCUT2D eigenvalue weighted by Gasteiger charge is 2.32. The van der Waals surface area contributed by atoms with Gasteiger partial charge in [0, 0.05) is 51.7 Å². The van der Waals surface area contributed by atoms with Crippen LogP contribution < -0.4 is 0 Å². The van der Waals surface area contributed by atoms with Gasteiger partial charge in [0.05, 0.1) is 12.4 Å². The Labute approximate surface area is 132 Å². The van der Waals surface area contributed by atoms with E-state index in [4.69, 9.17) is 0 Å². The van der Waals surface area contributed by atoms with Gasteiger partial charge in [-0.25, -0.2) is 12.7 Å². The van der Waals surface area contributed by atoms with Crippen molar-refractivity contribution in [2.45, 2.75) is 25.9 Å². The molecule has 2 saturated heterocycles. The molecule has 0 bridgehead atoms. The number of nitrogens with zero attached hydrogens (tertiary/aromatic N) is 3. The van der Waals surface area contributed by atoms with Gasteiger partial charge in [-0.15, -0.1) is 0 Å². The topological polar surface area (TPSA) is 81.2 Å². The van der Waals surface area contributed by atoms with Crippen LogP contribution in [0.1, 0.15) is 19.8 Å². The molecule has 1 atom stereocenters. The molecule has 0 radical (unpaired) electrons. The van der Waals surface area contributed by atoms with E-state index in [0.29, 0.717) is 45.6 Å². The van der Waals surface area contributed by atoms with Gasteiger partial charge in [0.2, 0.25) is 15.9 Å². The van der Waals surface area contributed by atoms with E-state index in [1.807, 2.05) is 4.90 Å². The minimum Gasteiger partial charge on any atom is -0.392 e. The molecule has 0 aromatic heterocycles. The fourth-order valence-electron chi connectivity index (χ4n) is 3.22. The van der Waals surface area contributed by atoms with E-state index >= 15 is 0 Å². The molecule has 7 nitrogen and oxygen atoms in total. The van der Waals surface area contributed by atoms with Crippen LogP contribution in [0.15, 0.2) is 0 Å². The van der Waals surface area contributed by atoms with Crippen molar-refractivity contribution in [1.29, 1.82) is 0 Å². The standard InChI is InChI=1S/C14H27N3O4S/c1-12(18)11-15-7-9-16(10-8-15)14(19)13-3-5-17(6-4-13)22(2,20)21/h12-13,18H,3-11H2,1-2H3. The van der Waals surface area contributed by atoms with E-state index in [1.165, 1.54) is 10.6 Å². The van der Waals surface area contributed by atoms with E-state index in [0.717, 1.165) is 13.1 Å². The molecule has 0 saturated carbocycles. The predicted molar refractivity (Wildman–Crippen MR) is 83.8 cm³/mol. The van der Waals surface area contributed by atoms with Crippen molar-refractivity contribution in [3.05, 3.63) is 0 Å². The van der Waals surface area contributed by atoms with Crippen LogP contribution in [0.4, 0.5) is 0 Å². The molecule has 8 heteroatoms. The smallest absolute Gasteiger partial charge is 0.225 e. The average Bonchev–Trinajstić information content (AvgIpc) is 2.46. The predicted octanol–water partition coefficient (Wildman–Crippen LogP) is -0.817. The van der Waals surface area contributed by atoms with Crippen molar-refractivity contribution >= 4 is 15.9 Å². The van der Waals surface area contributed by atoms with Gasteiger partial charge in [0.1, 0.15) is 0 Å². The number of rotatable bonds is 4. The number of aliphatic hydroxyl groups is 1. The highest BCUT2D eigenvalue weighted by atomic mass is 32.2. The minimum atomic E-state index is -3.14. The Kier molecular flexibility index (Phi) is 5.81. The Morgan fingerprint density at radius 2 is 1.68 bits per heavy atom. The number of sulfonamides is 1. The first-order valence-electron chi connectivity index (χ1n) is 7.91. The summed E-state index contributed by atoms with van der Waals surface area (Å²) in [5.41, 5.74) is 0. The van der Waals surface area contributed by atoms with Crippen molar-refractivity contribution in [1.82, 2.24) is 14.1 Å². The van der Waals surface area contributed by atoms with Gasteiger partial charge in [-0.2, -0.15) is 0 Å². The third kappa shape index (κ3) is 4.65. The van der Waals surface area contributed by atoms with Crippen molar-refractivity contribution in [3.63, 3.8) is 0 Å². The lowest BCUT2D eigenvalue weighted by Gasteiger charge is -2.38. The molecule has 2 rings (SSSR count). The zero-order chi connectivity index (χ0) is 16.3. The van der Waals surface area contributed by atoms with E-state index in [9.17, 15) is 18.3 Å². The molecule has 0 aromatic carbocycles. The Balaban J connectivity index is 1.79. The highest BCUT2D eigenvalue weighted by molar-refractivity contribution is 7.88. The summed E-state index contributed by atoms with van der Waals surface area (Å²) < 4.78 is 24.4. The molecular formula is C14H27N3O4S. The van der Waals surface area contributed by atoms with Crippen LogP contribution in [-0.4, -0.2) is 91.7 Å². The second-order valence-corrected chi connectivity index (χ2v) is 8.39. The average molecular weight is 333 g/mol. The summed E-state index contributed by atoms with van der Waals surface area (Å²) in [4.78, 5) is 16.6. The molecule has 2 heterocycles. The first-order valence-corrected chi connectivity index (χ1v) is 9.76. The summed E-state index contributed by atoms with van der Waals surface area (Å²) in [6.07, 6.45) is 2.10. The third-order valence-corrected chi connectivity index (χ3v) is 5.78. The maximum atomic E-state index is 12.5. The van der Waals surface area contributed by atoms with Gasteiger partial charge < -0.3 is 10.0 Å². The van der Waals surface area contributed by atoms with Crippen LogP contribution in [0.2, 0.25) is 0 Å². The molecule has 2 aliphatic rings. The first-order chi connectivity index (χ1) is 10.3. The molecule has 1 amide bonds. The maximum Gasteiger partial charge on any atom is 0.225 e. The SMILES string of the molecule is CC(O)CN1CCN(C(=O)C2CCN(S(C)(=O)=O)CC2)CC1. The van der Waals surface area contributed by atoms with Crippen LogP contribution in [0.3, 0.4) is 0 Å². The number of piperidine rings is 1. The van der Waals surface area contributed by atoms with Crippen LogP contribution in [0, 0.1) is 5.92 Å². The molecule has 1 N–H and O–H groups in total. The first kappa shape index (κ1) is 17.7. The summed E-state index contributed by atoms with van der Waals surface area (Å²) in [6, 6.07) is 0. The number of aliphatic hydroxyl groups excluding tert-OH is 1. The van der Waals surface area contributed by atoms with Crippen molar-refractivity contribution in [3.8, 4) is 0 Å². The number of carbonyl (C=O) groups excluding carboxylic acids is 1. The van der Waals surface area contributed by atoms with E-state index in [2.05, 4.69) is 4.90 Å². The van der Waals surface area contributed by atoms with Crippen LogP contribution in [0.25, 0.3) is 0 Å². The second-order valence-electron chi connectivity index (χ2n) is 6.41. The molecule has 1 unspecified atom stereocenters. The summed E-state index contributed by atoms with van der Waals surface area (Å²) in [7, 11) is -3.14. The Hall–Kier alpha value is -0.700. The molecule has 0 spiro atoms. The largest absolute Gasteiger partial charge is 0.392 e. The zero-order valence-corrected chi connectivity index (χ0v) is 14.3. The number of piperazine rings is 1. The fraction of sp³-hybridized carbons (Fsp3) is 0.929. The van der Waals surface area contributed by atoms with Gasteiger partial charge in [-0.1, -0.05) is 0 Å². The Bertz CT molecular complexity index is 478. The van der Waals surface area contributed by atoms with Crippen molar-refractivity contribution in [2.75, 3.05) is 52.1 Å². The zero-order valence-electron chi connectivity index (χ0n) is 13.4. The highest BCUT2D eigenvalue weighted by Crippen LogP contribution is 2.22. The van der Waals surface area contributed by atoms with E-state index < -0.39 is 10.0 Å². The summed E-state index contributed by atoms with van der Waals surface area (Å²) in [5.74, 6) is 0.103. The van der Waals surface area contributed by atoms with Crippen LogP contribution >= 0.6 is 0 Å². The number of β-amino-alcohol motifs (C(OH)–C–C–N with tert-alkyl or cyclic N) is 1. The van der Waals surface area contributed by atoms with Gasteiger partial charge in [0.25, 0.3) is 0 Å². The van der Waals surface area contributed by atoms with Crippen molar-refractivity contribution < 1.29 is 18.3 Å². The molecular weight excluding hydrogens is 306 g/mol. The third-order valence-electron chi connectivity index (χ3n) is 4.48. The Morgan fingerprint density at radius 1 is 1.14 bits per heavy atom. The van der Waals surface area contributed by atoms with Crippen LogP contribution in [0.5, 0.6) is 0 Å².